The van der Waals surface area contributed by atoms with Gasteiger partial charge in [-0.3, -0.25) is 4.79 Å². The topological polar surface area (TPSA) is 89.4 Å². The normalized spacial score (nSPS) is 11.0. The van der Waals surface area contributed by atoms with Crippen molar-refractivity contribution in [1.82, 2.24) is 30.2 Å². The number of nitrogens with zero attached hydrogens (tertiary/aromatic N) is 5. The van der Waals surface area contributed by atoms with Gasteiger partial charge in [-0.25, -0.2) is 4.98 Å². The van der Waals surface area contributed by atoms with Crippen LogP contribution in [0.1, 0.15) is 0 Å². The average Bonchev–Trinajstić information content (AvgIpc) is 3.09. The van der Waals surface area contributed by atoms with Crippen LogP contribution < -0.4 is 5.56 Å². The maximum absolute atomic E-state index is 12.3. The van der Waals surface area contributed by atoms with Crippen molar-refractivity contribution < 1.29 is 0 Å². The lowest BCUT2D eigenvalue weighted by molar-refractivity contribution is 0.789. The Labute approximate surface area is 134 Å². The van der Waals surface area contributed by atoms with Gasteiger partial charge >= 0.3 is 0 Å². The van der Waals surface area contributed by atoms with Crippen LogP contribution in [0.5, 0.6) is 0 Å². The van der Waals surface area contributed by atoms with Gasteiger partial charge in [-0.2, -0.15) is 4.68 Å². The van der Waals surface area contributed by atoms with Crippen molar-refractivity contribution in [2.24, 2.45) is 0 Å². The highest BCUT2D eigenvalue weighted by atomic mass is 35.5. The van der Waals surface area contributed by atoms with Gasteiger partial charge in [-0.05, 0) is 40.8 Å². The van der Waals surface area contributed by atoms with Crippen molar-refractivity contribution in [3.8, 4) is 17.1 Å². The molecular formula is C15H9ClN6O. The highest BCUT2D eigenvalue weighted by Gasteiger charge is 2.13. The molecule has 0 unspecified atom stereocenters. The molecule has 0 aliphatic rings. The molecule has 4 aromatic rings. The van der Waals surface area contributed by atoms with Gasteiger partial charge in [0.1, 0.15) is 12.2 Å². The summed E-state index contributed by atoms with van der Waals surface area (Å²) < 4.78 is 1.49. The maximum atomic E-state index is 12.3. The van der Waals surface area contributed by atoms with E-state index in [0.717, 1.165) is 0 Å². The number of para-hydroxylation sites is 1. The molecule has 0 atom stereocenters. The Morgan fingerprint density at radius 3 is 2.83 bits per heavy atom. The second-order valence-corrected chi connectivity index (χ2v) is 5.28. The number of H-pyrrole nitrogens is 1. The summed E-state index contributed by atoms with van der Waals surface area (Å²) in [7, 11) is 0. The summed E-state index contributed by atoms with van der Waals surface area (Å²) in [6.07, 6.45) is 1.46. The van der Waals surface area contributed by atoms with Crippen LogP contribution in [0.15, 0.2) is 53.6 Å². The summed E-state index contributed by atoms with van der Waals surface area (Å²) in [4.78, 5) is 19.6. The molecule has 4 rings (SSSR count). The fraction of sp³-hybridized carbons (Fsp3) is 0. The van der Waals surface area contributed by atoms with Crippen LogP contribution in [-0.2, 0) is 0 Å². The molecular weight excluding hydrogens is 316 g/mol. The molecule has 0 spiro atoms. The number of aromatic amines is 1. The highest BCUT2D eigenvalue weighted by Crippen LogP contribution is 2.27. The van der Waals surface area contributed by atoms with E-state index in [1.54, 1.807) is 36.4 Å². The number of nitrogens with one attached hydrogen (secondary N) is 1. The Kier molecular flexibility index (Phi) is 3.13. The molecule has 23 heavy (non-hydrogen) atoms. The fourth-order valence-electron chi connectivity index (χ4n) is 2.38. The maximum Gasteiger partial charge on any atom is 0.259 e. The molecule has 1 N–H and O–H groups in total. The number of aromatic nitrogens is 6. The summed E-state index contributed by atoms with van der Waals surface area (Å²) in [5, 5.41) is 12.2. The van der Waals surface area contributed by atoms with Gasteiger partial charge in [-0.15, -0.1) is 5.10 Å². The van der Waals surface area contributed by atoms with Crippen LogP contribution in [0.3, 0.4) is 0 Å². The van der Waals surface area contributed by atoms with Crippen LogP contribution >= 0.6 is 11.6 Å². The van der Waals surface area contributed by atoms with Crippen LogP contribution in [0.4, 0.5) is 0 Å². The Bertz CT molecular complexity index is 1060. The van der Waals surface area contributed by atoms with E-state index in [9.17, 15) is 4.79 Å². The minimum atomic E-state index is -0.215. The Balaban J connectivity index is 2.01. The van der Waals surface area contributed by atoms with Gasteiger partial charge in [0.2, 0.25) is 0 Å². The second kappa shape index (κ2) is 5.29. The molecule has 0 radical (unpaired) electrons. The molecule has 8 heteroatoms. The van der Waals surface area contributed by atoms with Gasteiger partial charge < -0.3 is 4.98 Å². The van der Waals surface area contributed by atoms with E-state index >= 15 is 0 Å². The summed E-state index contributed by atoms with van der Waals surface area (Å²) >= 11 is 6.11. The summed E-state index contributed by atoms with van der Waals surface area (Å²) in [6.45, 7) is 0. The predicted molar refractivity (Wildman–Crippen MR) is 85.5 cm³/mol. The number of hydrogen-bond donors (Lipinski definition) is 1. The van der Waals surface area contributed by atoms with Crippen LogP contribution in [0.2, 0.25) is 5.02 Å². The predicted octanol–water partition coefficient (Wildman–Crippen LogP) is 2.22. The summed E-state index contributed by atoms with van der Waals surface area (Å²) in [5.41, 5.74) is 1.69. The first-order valence-electron chi connectivity index (χ1n) is 6.75. The SMILES string of the molecule is O=c1[nH]c(-c2cc(Cl)ccc2-n2cnnn2)nc2ccccc12. The zero-order valence-corrected chi connectivity index (χ0v) is 12.4. The van der Waals surface area contributed by atoms with Gasteiger partial charge in [0, 0.05) is 10.6 Å². The molecule has 0 amide bonds. The van der Waals surface area contributed by atoms with E-state index in [2.05, 4.69) is 25.5 Å². The lowest BCUT2D eigenvalue weighted by atomic mass is 10.1. The molecule has 0 bridgehead atoms. The van der Waals surface area contributed by atoms with E-state index in [1.807, 2.05) is 6.07 Å². The molecule has 2 aromatic carbocycles. The molecule has 0 saturated carbocycles. The van der Waals surface area contributed by atoms with Gasteiger partial charge in [0.25, 0.3) is 5.56 Å². The minimum Gasteiger partial charge on any atom is -0.306 e. The molecule has 2 heterocycles. The quantitative estimate of drug-likeness (QED) is 0.610. The monoisotopic (exact) mass is 324 g/mol. The number of fused-ring (bicyclic) bond motifs is 1. The lowest BCUT2D eigenvalue weighted by Gasteiger charge is -2.09. The van der Waals surface area contributed by atoms with Gasteiger partial charge in [0.15, 0.2) is 0 Å². The van der Waals surface area contributed by atoms with Crippen molar-refractivity contribution in [1.29, 1.82) is 0 Å². The molecule has 112 valence electrons. The van der Waals surface area contributed by atoms with Gasteiger partial charge in [-0.1, -0.05) is 23.7 Å². The van der Waals surface area contributed by atoms with Crippen molar-refractivity contribution >= 4 is 22.5 Å². The fourth-order valence-corrected chi connectivity index (χ4v) is 2.56. The third-order valence-electron chi connectivity index (χ3n) is 3.42. The first-order chi connectivity index (χ1) is 11.2. The average molecular weight is 325 g/mol. The van der Waals surface area contributed by atoms with Crippen molar-refractivity contribution in [3.63, 3.8) is 0 Å². The third-order valence-corrected chi connectivity index (χ3v) is 3.66. The van der Waals surface area contributed by atoms with Crippen LogP contribution in [0.25, 0.3) is 28.0 Å². The largest absolute Gasteiger partial charge is 0.306 e. The standard InChI is InChI=1S/C15H9ClN6O/c16-9-5-6-13(22-8-17-20-21-22)11(7-9)14-18-12-4-2-1-3-10(12)15(23)19-14/h1-8H,(H,18,19,23). The smallest absolute Gasteiger partial charge is 0.259 e. The molecule has 0 aliphatic carbocycles. The summed E-state index contributed by atoms with van der Waals surface area (Å²) in [5.74, 6) is 0.404. The van der Waals surface area contributed by atoms with E-state index in [4.69, 9.17) is 11.6 Å². The first kappa shape index (κ1) is 13.6. The molecule has 0 aliphatic heterocycles. The number of tetrazole rings is 1. The van der Waals surface area contributed by atoms with Crippen molar-refractivity contribution in [3.05, 3.63) is 64.2 Å². The number of hydrogen-bond acceptors (Lipinski definition) is 5. The third kappa shape index (κ3) is 2.36. The summed E-state index contributed by atoms with van der Waals surface area (Å²) in [6, 6.07) is 12.3. The first-order valence-corrected chi connectivity index (χ1v) is 7.12. The lowest BCUT2D eigenvalue weighted by Crippen LogP contribution is -2.10. The van der Waals surface area contributed by atoms with Gasteiger partial charge in [0.05, 0.1) is 16.6 Å². The Morgan fingerprint density at radius 2 is 2.00 bits per heavy atom. The number of halogens is 1. The van der Waals surface area contributed by atoms with Crippen LogP contribution in [0, 0.1) is 0 Å². The van der Waals surface area contributed by atoms with E-state index in [1.165, 1.54) is 11.0 Å². The zero-order valence-electron chi connectivity index (χ0n) is 11.6. The van der Waals surface area contributed by atoms with E-state index in [0.29, 0.717) is 33.0 Å². The number of benzene rings is 2. The Hall–Kier alpha value is -3.06. The van der Waals surface area contributed by atoms with Crippen molar-refractivity contribution in [2.75, 3.05) is 0 Å². The zero-order chi connectivity index (χ0) is 15.8. The minimum absolute atomic E-state index is 0.215. The molecule has 0 saturated heterocycles. The Morgan fingerprint density at radius 1 is 1.13 bits per heavy atom. The molecule has 7 nitrogen and oxygen atoms in total. The van der Waals surface area contributed by atoms with Crippen LogP contribution in [-0.4, -0.2) is 30.2 Å². The van der Waals surface area contributed by atoms with E-state index < -0.39 is 0 Å². The molecule has 2 aromatic heterocycles. The number of rotatable bonds is 2. The van der Waals surface area contributed by atoms with Crippen molar-refractivity contribution in [2.45, 2.75) is 0 Å². The second-order valence-electron chi connectivity index (χ2n) is 4.85. The van der Waals surface area contributed by atoms with E-state index in [-0.39, 0.29) is 5.56 Å². The molecule has 0 fully saturated rings. The highest BCUT2D eigenvalue weighted by molar-refractivity contribution is 6.31.